The van der Waals surface area contributed by atoms with E-state index in [9.17, 15) is 20.2 Å². The Kier molecular flexibility index (Phi) is 5.86. The highest BCUT2D eigenvalue weighted by atomic mass is 32.2. The minimum Gasteiger partial charge on any atom is -0.350 e. The molecule has 2 aromatic carbocycles. The predicted octanol–water partition coefficient (Wildman–Crippen LogP) is 3.74. The first-order chi connectivity index (χ1) is 12.5. The minimum atomic E-state index is -0.426. The van der Waals surface area contributed by atoms with Crippen LogP contribution in [-0.2, 0) is 4.74 Å². The smallest absolute Gasteiger partial charge is 0.289 e. The molecule has 0 amide bonds. The lowest BCUT2D eigenvalue weighted by atomic mass is 10.3. The SMILES string of the molecule is O=[N+]([O-])c1ccccc1SC1C=[N+](Sc2ccccc2[N+](=O)[O-])CCO1. The second kappa shape index (κ2) is 8.30. The summed E-state index contributed by atoms with van der Waals surface area (Å²) < 4.78 is 7.52. The molecule has 0 fully saturated rings. The molecular weight excluding hydrogens is 378 g/mol. The van der Waals surface area contributed by atoms with Gasteiger partial charge in [0.15, 0.2) is 23.1 Å². The molecule has 0 N–H and O–H groups in total. The van der Waals surface area contributed by atoms with Crippen molar-refractivity contribution >= 4 is 41.3 Å². The van der Waals surface area contributed by atoms with Gasteiger partial charge in [0, 0.05) is 12.1 Å². The van der Waals surface area contributed by atoms with Crippen LogP contribution in [0, 0.1) is 20.2 Å². The summed E-state index contributed by atoms with van der Waals surface area (Å²) in [5, 5.41) is 22.3. The van der Waals surface area contributed by atoms with Gasteiger partial charge in [-0.2, -0.15) is 3.98 Å². The van der Waals surface area contributed by atoms with Crippen LogP contribution in [0.3, 0.4) is 0 Å². The Labute approximate surface area is 157 Å². The fourth-order valence-electron chi connectivity index (χ4n) is 2.30. The summed E-state index contributed by atoms with van der Waals surface area (Å²) in [6.07, 6.45) is 1.78. The Bertz CT molecular complexity index is 874. The first-order valence-corrected chi connectivity index (χ1v) is 9.24. The number of para-hydroxylation sites is 2. The van der Waals surface area contributed by atoms with E-state index in [0.717, 1.165) is 0 Å². The van der Waals surface area contributed by atoms with Crippen LogP contribution in [0.4, 0.5) is 11.4 Å². The van der Waals surface area contributed by atoms with Crippen LogP contribution >= 0.6 is 23.7 Å². The molecule has 2 aromatic rings. The van der Waals surface area contributed by atoms with Gasteiger partial charge in [-0.1, -0.05) is 36.0 Å². The summed E-state index contributed by atoms with van der Waals surface area (Å²) in [7, 11) is 0. The third-order valence-corrected chi connectivity index (χ3v) is 5.63. The summed E-state index contributed by atoms with van der Waals surface area (Å²) in [6.45, 7) is 0.979. The molecule has 134 valence electrons. The van der Waals surface area contributed by atoms with Crippen LogP contribution in [0.15, 0.2) is 58.3 Å². The average molecular weight is 392 g/mol. The monoisotopic (exact) mass is 392 g/mol. The van der Waals surface area contributed by atoms with E-state index in [1.807, 2.05) is 3.98 Å². The zero-order valence-electron chi connectivity index (χ0n) is 13.4. The Balaban J connectivity index is 1.78. The van der Waals surface area contributed by atoms with Crippen LogP contribution in [-0.4, -0.2) is 38.6 Å². The van der Waals surface area contributed by atoms with Gasteiger partial charge in [0.1, 0.15) is 6.61 Å². The normalized spacial score (nSPS) is 16.8. The second-order valence-electron chi connectivity index (χ2n) is 5.19. The maximum atomic E-state index is 11.1. The van der Waals surface area contributed by atoms with E-state index in [1.165, 1.54) is 35.8 Å². The lowest BCUT2D eigenvalue weighted by Crippen LogP contribution is -2.28. The van der Waals surface area contributed by atoms with Gasteiger partial charge in [-0.25, -0.2) is 0 Å². The lowest BCUT2D eigenvalue weighted by Gasteiger charge is -2.16. The molecule has 0 aromatic heterocycles. The molecular formula is C16H14N3O5S2+. The maximum Gasteiger partial charge on any atom is 0.289 e. The first kappa shape index (κ1) is 18.4. The zero-order chi connectivity index (χ0) is 18.5. The molecule has 1 unspecified atom stereocenters. The molecule has 1 heterocycles. The highest BCUT2D eigenvalue weighted by Crippen LogP contribution is 2.34. The average Bonchev–Trinajstić information content (AvgIpc) is 2.62. The predicted molar refractivity (Wildman–Crippen MR) is 98.8 cm³/mol. The van der Waals surface area contributed by atoms with Crippen molar-refractivity contribution in [2.24, 2.45) is 0 Å². The van der Waals surface area contributed by atoms with E-state index in [0.29, 0.717) is 22.9 Å². The first-order valence-electron chi connectivity index (χ1n) is 7.59. The summed E-state index contributed by atoms with van der Waals surface area (Å²) >= 11 is 2.49. The van der Waals surface area contributed by atoms with Crippen molar-refractivity contribution in [1.29, 1.82) is 0 Å². The van der Waals surface area contributed by atoms with Crippen LogP contribution < -0.4 is 0 Å². The minimum absolute atomic E-state index is 0.0259. The van der Waals surface area contributed by atoms with Crippen molar-refractivity contribution in [3.8, 4) is 0 Å². The topological polar surface area (TPSA) is 98.5 Å². The number of rotatable bonds is 6. The Morgan fingerprint density at radius 3 is 2.19 bits per heavy atom. The molecule has 3 rings (SSSR count). The van der Waals surface area contributed by atoms with Crippen molar-refractivity contribution in [1.82, 2.24) is 0 Å². The summed E-state index contributed by atoms with van der Waals surface area (Å²) in [5.41, 5.74) is -0.349. The number of nitro groups is 2. The van der Waals surface area contributed by atoms with Crippen LogP contribution in [0.1, 0.15) is 0 Å². The molecule has 26 heavy (non-hydrogen) atoms. The van der Waals surface area contributed by atoms with Gasteiger partial charge in [-0.15, -0.1) is 0 Å². The fourth-order valence-corrected chi connectivity index (χ4v) is 4.38. The molecule has 0 radical (unpaired) electrons. The van der Waals surface area contributed by atoms with E-state index in [2.05, 4.69) is 0 Å². The number of ether oxygens (including phenoxy) is 1. The van der Waals surface area contributed by atoms with Gasteiger partial charge in [0.25, 0.3) is 11.4 Å². The Morgan fingerprint density at radius 2 is 1.54 bits per heavy atom. The van der Waals surface area contributed by atoms with Gasteiger partial charge in [-0.05, 0) is 12.1 Å². The Morgan fingerprint density at radius 1 is 0.962 bits per heavy atom. The van der Waals surface area contributed by atoms with Crippen LogP contribution in [0.25, 0.3) is 0 Å². The number of hydrogen-bond acceptors (Lipinski definition) is 7. The highest BCUT2D eigenvalue weighted by molar-refractivity contribution is 8.00. The molecule has 0 saturated carbocycles. The molecule has 0 spiro atoms. The summed E-state index contributed by atoms with van der Waals surface area (Å²) in [5.74, 6) is 0. The number of thioether (sulfide) groups is 1. The largest absolute Gasteiger partial charge is 0.350 e. The quantitative estimate of drug-likeness (QED) is 0.319. The zero-order valence-corrected chi connectivity index (χ0v) is 15.0. The number of hydrogen-bond donors (Lipinski definition) is 0. The second-order valence-corrected chi connectivity index (χ2v) is 7.42. The molecule has 10 heteroatoms. The van der Waals surface area contributed by atoms with E-state index >= 15 is 0 Å². The third kappa shape index (κ3) is 4.40. The standard InChI is InChI=1S/C16H14N3O5S2/c20-18(21)12-5-1-3-7-14(12)25-16-11-17(9-10-24-16)26-15-8-4-2-6-13(15)19(22)23/h1-8,11,16H,9-10H2/q+1. The van der Waals surface area contributed by atoms with Crippen molar-refractivity contribution in [2.45, 2.75) is 15.2 Å². The van der Waals surface area contributed by atoms with E-state index in [4.69, 9.17) is 4.74 Å². The van der Waals surface area contributed by atoms with Gasteiger partial charge in [-0.3, -0.25) is 20.2 Å². The third-order valence-electron chi connectivity index (χ3n) is 3.46. The van der Waals surface area contributed by atoms with E-state index < -0.39 is 15.3 Å². The molecule has 1 atom stereocenters. The van der Waals surface area contributed by atoms with Gasteiger partial charge in [0.05, 0.1) is 14.7 Å². The van der Waals surface area contributed by atoms with Gasteiger partial charge in [0.2, 0.25) is 11.9 Å². The van der Waals surface area contributed by atoms with Crippen LogP contribution in [0.5, 0.6) is 0 Å². The van der Waals surface area contributed by atoms with Crippen molar-refractivity contribution in [3.05, 3.63) is 68.8 Å². The fraction of sp³-hybridized carbons (Fsp3) is 0.188. The number of nitro benzene ring substituents is 2. The molecule has 0 aliphatic carbocycles. The highest BCUT2D eigenvalue weighted by Gasteiger charge is 2.27. The lowest BCUT2D eigenvalue weighted by molar-refractivity contribution is -0.389. The molecule has 1 aliphatic heterocycles. The van der Waals surface area contributed by atoms with Crippen molar-refractivity contribution < 1.29 is 18.6 Å². The number of benzene rings is 2. The van der Waals surface area contributed by atoms with Crippen molar-refractivity contribution in [2.75, 3.05) is 13.2 Å². The van der Waals surface area contributed by atoms with Crippen molar-refractivity contribution in [3.63, 3.8) is 0 Å². The maximum absolute atomic E-state index is 11.1. The summed E-state index contributed by atoms with van der Waals surface area (Å²) in [4.78, 5) is 22.5. The molecule has 0 saturated heterocycles. The summed E-state index contributed by atoms with van der Waals surface area (Å²) in [6, 6.07) is 13.0. The Hall–Kier alpha value is -2.43. The van der Waals surface area contributed by atoms with Crippen LogP contribution in [0.2, 0.25) is 0 Å². The van der Waals surface area contributed by atoms with E-state index in [1.54, 1.807) is 42.6 Å². The molecule has 8 nitrogen and oxygen atoms in total. The number of nitrogens with zero attached hydrogens (tertiary/aromatic N) is 3. The van der Waals surface area contributed by atoms with E-state index in [-0.39, 0.29) is 11.4 Å². The van der Waals surface area contributed by atoms with Gasteiger partial charge >= 0.3 is 0 Å². The van der Waals surface area contributed by atoms with Gasteiger partial charge < -0.3 is 4.74 Å². The molecule has 1 aliphatic rings. The molecule has 0 bridgehead atoms.